The van der Waals surface area contributed by atoms with Crippen LogP contribution in [-0.4, -0.2) is 21.8 Å². The normalized spacial score (nSPS) is 20.4. The van der Waals surface area contributed by atoms with Crippen LogP contribution >= 0.6 is 34.8 Å². The van der Waals surface area contributed by atoms with Crippen LogP contribution < -0.4 is 5.32 Å². The van der Waals surface area contributed by atoms with Crippen LogP contribution in [0.15, 0.2) is 36.4 Å². The molecule has 1 atom stereocenters. The third kappa shape index (κ3) is 2.95. The van der Waals surface area contributed by atoms with Crippen LogP contribution in [0.25, 0.3) is 0 Å². The van der Waals surface area contributed by atoms with Crippen LogP contribution in [0.2, 0.25) is 15.2 Å². The number of halogens is 3. The molecule has 124 valence electrons. The zero-order valence-corrected chi connectivity index (χ0v) is 14.8. The first-order valence-electron chi connectivity index (χ1n) is 7.02. The van der Waals surface area contributed by atoms with Crippen molar-refractivity contribution >= 4 is 46.7 Å². The van der Waals surface area contributed by atoms with Gasteiger partial charge >= 0.3 is 6.03 Å². The van der Waals surface area contributed by atoms with Crippen LogP contribution in [0.4, 0.5) is 4.79 Å². The number of carbonyl (C=O) groups is 2. The molecule has 1 saturated heterocycles. The number of hydrogen-bond donors (Lipinski definition) is 1. The number of pyridine rings is 1. The van der Waals surface area contributed by atoms with Crippen molar-refractivity contribution in [2.75, 3.05) is 0 Å². The number of carbonyl (C=O) groups excluding carboxylic acids is 2. The van der Waals surface area contributed by atoms with E-state index < -0.39 is 17.5 Å². The molecular formula is C16H12Cl3N3O2. The molecule has 1 aliphatic heterocycles. The van der Waals surface area contributed by atoms with Crippen molar-refractivity contribution in [3.63, 3.8) is 0 Å². The number of imide groups is 1. The molecule has 1 aliphatic rings. The fourth-order valence-corrected chi connectivity index (χ4v) is 3.07. The molecule has 1 aromatic heterocycles. The number of nitrogens with zero attached hydrogens (tertiary/aromatic N) is 2. The second-order valence-electron chi connectivity index (χ2n) is 5.52. The first-order chi connectivity index (χ1) is 11.3. The molecule has 2 aromatic rings. The summed E-state index contributed by atoms with van der Waals surface area (Å²) in [6.07, 6.45) is 0. The Labute approximate surface area is 153 Å². The smallest absolute Gasteiger partial charge is 0.319 e. The Kier molecular flexibility index (Phi) is 4.42. The number of rotatable bonds is 3. The minimum Gasteiger partial charge on any atom is -0.319 e. The Balaban J connectivity index is 1.93. The molecule has 1 unspecified atom stereocenters. The lowest BCUT2D eigenvalue weighted by atomic mass is 9.92. The highest BCUT2D eigenvalue weighted by atomic mass is 35.5. The van der Waals surface area contributed by atoms with E-state index in [-0.39, 0.29) is 11.7 Å². The van der Waals surface area contributed by atoms with Gasteiger partial charge in [0.2, 0.25) is 0 Å². The monoisotopic (exact) mass is 383 g/mol. The lowest BCUT2D eigenvalue weighted by Gasteiger charge is -2.22. The number of benzene rings is 1. The van der Waals surface area contributed by atoms with E-state index in [1.165, 1.54) is 6.07 Å². The molecule has 0 aliphatic carbocycles. The molecule has 0 radical (unpaired) electrons. The molecule has 5 nitrogen and oxygen atoms in total. The summed E-state index contributed by atoms with van der Waals surface area (Å²) in [7, 11) is 0. The SMILES string of the molecule is CC1(c2cccc(Cl)c2)NC(=O)N(Cc2nc(Cl)ccc2Cl)C1=O. The average molecular weight is 385 g/mol. The van der Waals surface area contributed by atoms with Gasteiger partial charge in [0, 0.05) is 5.02 Å². The molecule has 1 fully saturated rings. The predicted molar refractivity (Wildman–Crippen MR) is 92.1 cm³/mol. The van der Waals surface area contributed by atoms with Gasteiger partial charge < -0.3 is 5.32 Å². The predicted octanol–water partition coefficient (Wildman–Crippen LogP) is 4.01. The summed E-state index contributed by atoms with van der Waals surface area (Å²) in [6, 6.07) is 9.38. The van der Waals surface area contributed by atoms with E-state index in [1.807, 2.05) is 0 Å². The first kappa shape index (κ1) is 17.0. The van der Waals surface area contributed by atoms with E-state index in [0.717, 1.165) is 4.90 Å². The van der Waals surface area contributed by atoms with Gasteiger partial charge in [-0.2, -0.15) is 0 Å². The first-order valence-corrected chi connectivity index (χ1v) is 8.16. The second-order valence-corrected chi connectivity index (χ2v) is 6.75. The number of amides is 3. The van der Waals surface area contributed by atoms with Crippen LogP contribution in [0.1, 0.15) is 18.2 Å². The Morgan fingerprint density at radius 1 is 1.17 bits per heavy atom. The molecule has 3 rings (SSSR count). The molecule has 3 amide bonds. The third-order valence-electron chi connectivity index (χ3n) is 3.87. The summed E-state index contributed by atoms with van der Waals surface area (Å²) in [6.45, 7) is 1.56. The highest BCUT2D eigenvalue weighted by Gasteiger charge is 2.49. The van der Waals surface area contributed by atoms with Gasteiger partial charge in [-0.25, -0.2) is 9.78 Å². The van der Waals surface area contributed by atoms with Crippen molar-refractivity contribution in [3.8, 4) is 0 Å². The molecule has 0 saturated carbocycles. The van der Waals surface area contributed by atoms with Gasteiger partial charge in [-0.15, -0.1) is 0 Å². The van der Waals surface area contributed by atoms with E-state index in [2.05, 4.69) is 10.3 Å². The number of aromatic nitrogens is 1. The summed E-state index contributed by atoms with van der Waals surface area (Å²) in [5.41, 5.74) is -0.253. The Morgan fingerprint density at radius 3 is 2.62 bits per heavy atom. The quantitative estimate of drug-likeness (QED) is 0.642. The fourth-order valence-electron chi connectivity index (χ4n) is 2.55. The molecule has 0 spiro atoms. The average Bonchev–Trinajstić information content (AvgIpc) is 2.75. The number of urea groups is 1. The summed E-state index contributed by atoms with van der Waals surface area (Å²) in [5.74, 6) is -0.410. The van der Waals surface area contributed by atoms with Crippen LogP contribution in [0, 0.1) is 0 Å². The van der Waals surface area contributed by atoms with Crippen LogP contribution in [0.5, 0.6) is 0 Å². The van der Waals surface area contributed by atoms with Crippen molar-refractivity contribution in [3.05, 3.63) is 62.9 Å². The maximum atomic E-state index is 12.8. The fraction of sp³-hybridized carbons (Fsp3) is 0.188. The lowest BCUT2D eigenvalue weighted by molar-refractivity contribution is -0.131. The zero-order chi connectivity index (χ0) is 17.5. The molecule has 2 heterocycles. The van der Waals surface area contributed by atoms with Gasteiger partial charge in [-0.1, -0.05) is 46.9 Å². The highest BCUT2D eigenvalue weighted by Crippen LogP contribution is 2.31. The maximum absolute atomic E-state index is 12.8. The van der Waals surface area contributed by atoms with Gasteiger partial charge in [0.25, 0.3) is 5.91 Å². The topological polar surface area (TPSA) is 62.3 Å². The van der Waals surface area contributed by atoms with Gasteiger partial charge in [0.1, 0.15) is 10.7 Å². The van der Waals surface area contributed by atoms with Crippen molar-refractivity contribution in [2.24, 2.45) is 0 Å². The molecule has 24 heavy (non-hydrogen) atoms. The maximum Gasteiger partial charge on any atom is 0.325 e. The minimum absolute atomic E-state index is 0.0692. The van der Waals surface area contributed by atoms with Crippen molar-refractivity contribution in [1.82, 2.24) is 15.2 Å². The number of nitrogens with one attached hydrogen (secondary N) is 1. The zero-order valence-electron chi connectivity index (χ0n) is 12.5. The van der Waals surface area contributed by atoms with Gasteiger partial charge in [0.15, 0.2) is 0 Å². The van der Waals surface area contributed by atoms with Crippen LogP contribution in [-0.2, 0) is 16.9 Å². The molecule has 1 aromatic carbocycles. The van der Waals surface area contributed by atoms with E-state index in [1.54, 1.807) is 37.3 Å². The van der Waals surface area contributed by atoms with Crippen LogP contribution in [0.3, 0.4) is 0 Å². The Hall–Kier alpha value is -1.82. The van der Waals surface area contributed by atoms with E-state index in [4.69, 9.17) is 34.8 Å². The molecule has 1 N–H and O–H groups in total. The third-order valence-corrected chi connectivity index (χ3v) is 4.66. The Bertz CT molecular complexity index is 843. The van der Waals surface area contributed by atoms with Crippen molar-refractivity contribution in [1.29, 1.82) is 0 Å². The van der Waals surface area contributed by atoms with Gasteiger partial charge in [-0.05, 0) is 36.8 Å². The largest absolute Gasteiger partial charge is 0.325 e. The van der Waals surface area contributed by atoms with Gasteiger partial charge in [0.05, 0.1) is 17.3 Å². The summed E-state index contributed by atoms with van der Waals surface area (Å²) >= 11 is 17.9. The summed E-state index contributed by atoms with van der Waals surface area (Å²) in [5, 5.41) is 3.75. The highest BCUT2D eigenvalue weighted by molar-refractivity contribution is 6.32. The molecule has 8 heteroatoms. The Morgan fingerprint density at radius 2 is 1.92 bits per heavy atom. The van der Waals surface area contributed by atoms with Crippen molar-refractivity contribution in [2.45, 2.75) is 19.0 Å². The van der Waals surface area contributed by atoms with E-state index >= 15 is 0 Å². The lowest BCUT2D eigenvalue weighted by Crippen LogP contribution is -2.40. The van der Waals surface area contributed by atoms with E-state index in [0.29, 0.717) is 21.3 Å². The summed E-state index contributed by atoms with van der Waals surface area (Å²) in [4.78, 5) is 30.3. The van der Waals surface area contributed by atoms with Crippen molar-refractivity contribution < 1.29 is 9.59 Å². The molecule has 0 bridgehead atoms. The second kappa shape index (κ2) is 6.24. The molecular weight excluding hydrogens is 373 g/mol. The summed E-state index contributed by atoms with van der Waals surface area (Å²) < 4.78 is 0. The van der Waals surface area contributed by atoms with E-state index in [9.17, 15) is 9.59 Å². The standard InChI is InChI=1S/C16H12Cl3N3O2/c1-16(9-3-2-4-10(17)7-9)14(23)22(15(24)21-16)8-12-11(18)5-6-13(19)20-12/h2-7H,8H2,1H3,(H,21,24). The van der Waals surface area contributed by atoms with Gasteiger partial charge in [-0.3, -0.25) is 9.69 Å². The minimum atomic E-state index is -1.20. The number of hydrogen-bond acceptors (Lipinski definition) is 3.